The highest BCUT2D eigenvalue weighted by molar-refractivity contribution is 6.33. The quantitative estimate of drug-likeness (QED) is 0.642. The van der Waals surface area contributed by atoms with Crippen LogP contribution in [0.15, 0.2) is 29.4 Å². The van der Waals surface area contributed by atoms with Crippen molar-refractivity contribution in [3.05, 3.63) is 34.9 Å². The molecule has 0 saturated carbocycles. The van der Waals surface area contributed by atoms with Crippen LogP contribution in [0.3, 0.4) is 0 Å². The van der Waals surface area contributed by atoms with Gasteiger partial charge in [-0.2, -0.15) is 0 Å². The molecule has 0 atom stereocenters. The Kier molecular flexibility index (Phi) is 8.00. The predicted octanol–water partition coefficient (Wildman–Crippen LogP) is 3.63. The Morgan fingerprint density at radius 2 is 1.94 bits per heavy atom. The standard InChI is InChI=1S/C13H19ClN2O.ClH/c1-3-13(4-2,10-15)17-16-9-11-7-5-6-8-12(11)14;/h5-9H,3-4,10,15H2,1-2H3;1H/b16-9+;. The molecule has 18 heavy (non-hydrogen) atoms. The van der Waals surface area contributed by atoms with Gasteiger partial charge in [-0.1, -0.05) is 48.8 Å². The van der Waals surface area contributed by atoms with Gasteiger partial charge in [-0.05, 0) is 18.9 Å². The van der Waals surface area contributed by atoms with Crippen LogP contribution >= 0.6 is 24.0 Å². The Morgan fingerprint density at radius 1 is 1.33 bits per heavy atom. The van der Waals surface area contributed by atoms with Gasteiger partial charge in [0.15, 0.2) is 0 Å². The third-order valence-corrected chi connectivity index (χ3v) is 3.35. The van der Waals surface area contributed by atoms with Crippen LogP contribution in [0.1, 0.15) is 32.3 Å². The molecule has 0 aromatic heterocycles. The van der Waals surface area contributed by atoms with Crippen molar-refractivity contribution in [3.63, 3.8) is 0 Å². The molecule has 0 aliphatic heterocycles. The Hall–Kier alpha value is -0.770. The van der Waals surface area contributed by atoms with Crippen LogP contribution in [-0.2, 0) is 4.84 Å². The summed E-state index contributed by atoms with van der Waals surface area (Å²) in [6, 6.07) is 7.49. The lowest BCUT2D eigenvalue weighted by molar-refractivity contribution is -0.0410. The van der Waals surface area contributed by atoms with Crippen molar-refractivity contribution in [2.75, 3.05) is 6.54 Å². The average molecular weight is 291 g/mol. The molecule has 0 aliphatic rings. The minimum Gasteiger partial charge on any atom is -0.388 e. The average Bonchev–Trinajstić information content (AvgIpc) is 2.37. The molecule has 0 amide bonds. The molecule has 0 bridgehead atoms. The highest BCUT2D eigenvalue weighted by atomic mass is 35.5. The fourth-order valence-corrected chi connectivity index (χ4v) is 1.66. The van der Waals surface area contributed by atoms with E-state index in [2.05, 4.69) is 5.16 Å². The van der Waals surface area contributed by atoms with E-state index in [-0.39, 0.29) is 18.0 Å². The molecule has 1 aromatic carbocycles. The van der Waals surface area contributed by atoms with E-state index in [0.717, 1.165) is 18.4 Å². The third-order valence-electron chi connectivity index (χ3n) is 3.00. The zero-order valence-corrected chi connectivity index (χ0v) is 12.3. The van der Waals surface area contributed by atoms with Gasteiger partial charge < -0.3 is 10.6 Å². The van der Waals surface area contributed by atoms with E-state index in [9.17, 15) is 0 Å². The Bertz CT molecular complexity index is 371. The fourth-order valence-electron chi connectivity index (χ4n) is 1.48. The lowest BCUT2D eigenvalue weighted by Crippen LogP contribution is -2.38. The molecule has 3 nitrogen and oxygen atoms in total. The zero-order valence-electron chi connectivity index (χ0n) is 10.7. The monoisotopic (exact) mass is 290 g/mol. The number of rotatable bonds is 6. The second kappa shape index (κ2) is 8.35. The van der Waals surface area contributed by atoms with Gasteiger partial charge in [-0.3, -0.25) is 0 Å². The van der Waals surface area contributed by atoms with E-state index in [0.29, 0.717) is 11.6 Å². The van der Waals surface area contributed by atoms with Gasteiger partial charge in [0.1, 0.15) is 5.60 Å². The molecule has 0 saturated heterocycles. The maximum absolute atomic E-state index is 6.00. The van der Waals surface area contributed by atoms with Crippen LogP contribution in [0.4, 0.5) is 0 Å². The van der Waals surface area contributed by atoms with Crippen molar-refractivity contribution in [2.45, 2.75) is 32.3 Å². The first-order chi connectivity index (χ1) is 8.17. The fraction of sp³-hybridized carbons (Fsp3) is 0.462. The first-order valence-corrected chi connectivity index (χ1v) is 6.21. The van der Waals surface area contributed by atoms with Crippen LogP contribution in [0.5, 0.6) is 0 Å². The first-order valence-electron chi connectivity index (χ1n) is 5.83. The van der Waals surface area contributed by atoms with Gasteiger partial charge in [0.25, 0.3) is 0 Å². The molecular weight excluding hydrogens is 271 g/mol. The van der Waals surface area contributed by atoms with Gasteiger partial charge in [-0.25, -0.2) is 0 Å². The van der Waals surface area contributed by atoms with Gasteiger partial charge in [-0.15, -0.1) is 12.4 Å². The van der Waals surface area contributed by atoms with Gasteiger partial charge in [0.05, 0.1) is 6.21 Å². The molecule has 1 rings (SSSR count). The molecule has 0 fully saturated rings. The van der Waals surface area contributed by atoms with Gasteiger partial charge >= 0.3 is 0 Å². The lowest BCUT2D eigenvalue weighted by Gasteiger charge is -2.26. The van der Waals surface area contributed by atoms with Gasteiger partial charge in [0.2, 0.25) is 0 Å². The summed E-state index contributed by atoms with van der Waals surface area (Å²) in [4.78, 5) is 5.52. The molecule has 1 aromatic rings. The number of nitrogens with zero attached hydrogens (tertiary/aromatic N) is 1. The maximum Gasteiger partial charge on any atom is 0.149 e. The van der Waals surface area contributed by atoms with E-state index in [1.807, 2.05) is 38.1 Å². The van der Waals surface area contributed by atoms with E-state index >= 15 is 0 Å². The van der Waals surface area contributed by atoms with Crippen molar-refractivity contribution in [1.29, 1.82) is 0 Å². The van der Waals surface area contributed by atoms with Crippen molar-refractivity contribution in [1.82, 2.24) is 0 Å². The Labute approximate surface area is 120 Å². The van der Waals surface area contributed by atoms with Crippen LogP contribution in [0.25, 0.3) is 0 Å². The Morgan fingerprint density at radius 3 is 2.44 bits per heavy atom. The summed E-state index contributed by atoms with van der Waals surface area (Å²) in [5.41, 5.74) is 6.19. The molecule has 5 heteroatoms. The molecule has 0 spiro atoms. The predicted molar refractivity (Wildman–Crippen MR) is 79.7 cm³/mol. The van der Waals surface area contributed by atoms with Crippen molar-refractivity contribution < 1.29 is 4.84 Å². The number of hydrogen-bond acceptors (Lipinski definition) is 3. The molecule has 102 valence electrons. The molecule has 0 radical (unpaired) electrons. The summed E-state index contributed by atoms with van der Waals surface area (Å²) in [7, 11) is 0. The van der Waals surface area contributed by atoms with Crippen LogP contribution in [-0.4, -0.2) is 18.4 Å². The largest absolute Gasteiger partial charge is 0.388 e. The van der Waals surface area contributed by atoms with E-state index < -0.39 is 0 Å². The van der Waals surface area contributed by atoms with Gasteiger partial charge in [0, 0.05) is 17.1 Å². The Balaban J connectivity index is 0.00000289. The number of halogens is 2. The second-order valence-corrected chi connectivity index (χ2v) is 4.35. The third kappa shape index (κ3) is 4.48. The van der Waals surface area contributed by atoms with Crippen molar-refractivity contribution >= 4 is 30.2 Å². The highest BCUT2D eigenvalue weighted by Gasteiger charge is 2.26. The van der Waals surface area contributed by atoms with E-state index in [1.54, 1.807) is 6.21 Å². The van der Waals surface area contributed by atoms with E-state index in [1.165, 1.54) is 0 Å². The summed E-state index contributed by atoms with van der Waals surface area (Å²) in [5.74, 6) is 0. The minimum absolute atomic E-state index is 0. The van der Waals surface area contributed by atoms with E-state index in [4.69, 9.17) is 22.2 Å². The number of nitrogens with two attached hydrogens (primary N) is 1. The van der Waals surface area contributed by atoms with Crippen LogP contribution in [0, 0.1) is 0 Å². The molecule has 0 aliphatic carbocycles. The molecule has 2 N–H and O–H groups in total. The zero-order chi connectivity index (χ0) is 12.7. The molecule has 0 unspecified atom stereocenters. The smallest absolute Gasteiger partial charge is 0.149 e. The molecular formula is C13H20Cl2N2O. The first kappa shape index (κ1) is 17.2. The summed E-state index contributed by atoms with van der Waals surface area (Å²) < 4.78 is 0. The van der Waals surface area contributed by atoms with Crippen molar-refractivity contribution in [3.8, 4) is 0 Å². The SMILES string of the molecule is CCC(CC)(CN)O/N=C/c1ccccc1Cl.Cl. The van der Waals surface area contributed by atoms with Crippen LogP contribution in [0.2, 0.25) is 5.02 Å². The number of hydrogen-bond donors (Lipinski definition) is 1. The number of benzene rings is 1. The highest BCUT2D eigenvalue weighted by Crippen LogP contribution is 2.19. The van der Waals surface area contributed by atoms with Crippen LogP contribution < -0.4 is 5.73 Å². The number of oxime groups is 1. The summed E-state index contributed by atoms with van der Waals surface area (Å²) in [6.07, 6.45) is 3.29. The lowest BCUT2D eigenvalue weighted by atomic mass is 9.98. The maximum atomic E-state index is 6.00. The molecule has 0 heterocycles. The minimum atomic E-state index is -0.363. The summed E-state index contributed by atoms with van der Waals surface area (Å²) in [5, 5.41) is 4.66. The van der Waals surface area contributed by atoms with Crippen molar-refractivity contribution in [2.24, 2.45) is 10.9 Å². The topological polar surface area (TPSA) is 47.6 Å². The normalized spacial score (nSPS) is 11.3. The summed E-state index contributed by atoms with van der Waals surface area (Å²) in [6.45, 7) is 4.54. The summed E-state index contributed by atoms with van der Waals surface area (Å²) >= 11 is 6.00. The second-order valence-electron chi connectivity index (χ2n) is 3.94.